The average molecular weight is 408 g/mol. The Morgan fingerprint density at radius 1 is 0.923 bits per heavy atom. The Morgan fingerprint density at radius 2 is 1.38 bits per heavy atom. The van der Waals surface area contributed by atoms with E-state index in [1.807, 2.05) is 13.0 Å². The monoisotopic (exact) mass is 408 g/mol. The molecule has 0 bridgehead atoms. The van der Waals surface area contributed by atoms with Gasteiger partial charge < -0.3 is 9.79 Å². The molecule has 0 saturated heterocycles. The van der Waals surface area contributed by atoms with E-state index in [0.29, 0.717) is 6.42 Å². The third-order valence-electron chi connectivity index (χ3n) is 3.99. The molecule has 0 aromatic carbocycles. The predicted molar refractivity (Wildman–Crippen MR) is 107 cm³/mol. The minimum Gasteiger partial charge on any atom is -0.324 e. The summed E-state index contributed by atoms with van der Waals surface area (Å²) in [5, 5.41) is 0. The average Bonchev–Trinajstić information content (AvgIpc) is 2.43. The van der Waals surface area contributed by atoms with Crippen LogP contribution < -0.4 is 0 Å². The maximum atomic E-state index is 11.3. The SMILES string of the molecule is CC(C)=CCCC(C)=CCCC(C)=CCCC(CS(=O)(=O)O)P(=O)(O)O. The van der Waals surface area contributed by atoms with Crippen LogP contribution in [0.1, 0.15) is 66.2 Å². The zero-order valence-corrected chi connectivity index (χ0v) is 17.9. The lowest BCUT2D eigenvalue weighted by Gasteiger charge is -2.16. The topological polar surface area (TPSA) is 112 Å². The molecule has 0 amide bonds. The quantitative estimate of drug-likeness (QED) is 0.247. The van der Waals surface area contributed by atoms with Gasteiger partial charge in [-0.15, -0.1) is 0 Å². The zero-order valence-electron chi connectivity index (χ0n) is 16.2. The van der Waals surface area contributed by atoms with Crippen molar-refractivity contribution in [1.82, 2.24) is 0 Å². The fourth-order valence-corrected chi connectivity index (χ4v) is 4.93. The number of rotatable bonds is 12. The highest BCUT2D eigenvalue weighted by molar-refractivity contribution is 7.86. The molecule has 0 radical (unpaired) electrons. The molecular weight excluding hydrogens is 375 g/mol. The maximum Gasteiger partial charge on any atom is 0.329 e. The fourth-order valence-electron chi connectivity index (χ4n) is 2.45. The molecule has 8 heteroatoms. The highest BCUT2D eigenvalue weighted by atomic mass is 32.2. The van der Waals surface area contributed by atoms with Gasteiger partial charge in [0.2, 0.25) is 0 Å². The van der Waals surface area contributed by atoms with Crippen molar-refractivity contribution >= 4 is 17.7 Å². The van der Waals surface area contributed by atoms with Crippen molar-refractivity contribution in [2.75, 3.05) is 5.75 Å². The standard InChI is InChI=1S/C18H33O6PS/c1-15(2)8-5-9-16(3)10-6-11-17(4)12-7-13-18(25(19,20)21)14-26(22,23)24/h8,10,12,18H,5-7,9,11,13-14H2,1-4H3,(H2,19,20,21)(H,22,23,24). The summed E-state index contributed by atoms with van der Waals surface area (Å²) in [6.07, 6.45) is 10.5. The predicted octanol–water partition coefficient (Wildman–Crippen LogP) is 4.62. The molecule has 6 nitrogen and oxygen atoms in total. The number of hydrogen-bond acceptors (Lipinski definition) is 3. The first-order valence-electron chi connectivity index (χ1n) is 8.76. The molecule has 0 aliphatic heterocycles. The molecule has 3 N–H and O–H groups in total. The maximum absolute atomic E-state index is 11.3. The Kier molecular flexibility index (Phi) is 11.6. The second kappa shape index (κ2) is 11.9. The minimum atomic E-state index is -4.57. The molecule has 0 aliphatic rings. The lowest BCUT2D eigenvalue weighted by Crippen LogP contribution is -2.20. The molecule has 1 atom stereocenters. The van der Waals surface area contributed by atoms with Crippen LogP contribution in [-0.4, -0.2) is 34.2 Å². The van der Waals surface area contributed by atoms with Crippen molar-refractivity contribution in [3.63, 3.8) is 0 Å². The van der Waals surface area contributed by atoms with E-state index >= 15 is 0 Å². The summed E-state index contributed by atoms with van der Waals surface area (Å²) in [5.41, 5.74) is 2.37. The van der Waals surface area contributed by atoms with E-state index in [0.717, 1.165) is 31.3 Å². The third kappa shape index (κ3) is 14.4. The summed E-state index contributed by atoms with van der Waals surface area (Å²) >= 11 is 0. The summed E-state index contributed by atoms with van der Waals surface area (Å²) < 4.78 is 41.9. The normalized spacial score (nSPS) is 15.0. The van der Waals surface area contributed by atoms with E-state index in [4.69, 9.17) is 4.55 Å². The van der Waals surface area contributed by atoms with Gasteiger partial charge in [-0.05, 0) is 66.2 Å². The smallest absolute Gasteiger partial charge is 0.324 e. The third-order valence-corrected chi connectivity index (χ3v) is 6.46. The van der Waals surface area contributed by atoms with E-state index in [9.17, 15) is 22.8 Å². The number of allylic oxidation sites excluding steroid dienone is 6. The van der Waals surface area contributed by atoms with Gasteiger partial charge in [-0.25, -0.2) is 0 Å². The van der Waals surface area contributed by atoms with E-state index in [-0.39, 0.29) is 6.42 Å². The molecule has 0 saturated carbocycles. The van der Waals surface area contributed by atoms with Crippen molar-refractivity contribution in [3.05, 3.63) is 34.9 Å². The van der Waals surface area contributed by atoms with E-state index < -0.39 is 29.1 Å². The van der Waals surface area contributed by atoms with Crippen molar-refractivity contribution in [2.24, 2.45) is 0 Å². The lowest BCUT2D eigenvalue weighted by molar-refractivity contribution is 0.356. The van der Waals surface area contributed by atoms with Crippen LogP contribution in [0.5, 0.6) is 0 Å². The molecule has 0 aliphatic carbocycles. The van der Waals surface area contributed by atoms with Gasteiger partial charge in [0.05, 0.1) is 11.4 Å². The van der Waals surface area contributed by atoms with Gasteiger partial charge in [0.15, 0.2) is 0 Å². The van der Waals surface area contributed by atoms with Gasteiger partial charge in [0, 0.05) is 0 Å². The molecule has 26 heavy (non-hydrogen) atoms. The van der Waals surface area contributed by atoms with E-state index in [2.05, 4.69) is 32.9 Å². The Balaban J connectivity index is 4.42. The van der Waals surface area contributed by atoms with Crippen molar-refractivity contribution in [2.45, 2.75) is 71.9 Å². The second-order valence-corrected chi connectivity index (χ2v) is 10.4. The number of hydrogen-bond donors (Lipinski definition) is 3. The molecule has 0 spiro atoms. The Hall–Kier alpha value is -0.720. The minimum absolute atomic E-state index is 0.0129. The molecule has 152 valence electrons. The van der Waals surface area contributed by atoms with Gasteiger partial charge in [-0.2, -0.15) is 8.42 Å². The molecular formula is C18H33O6PS. The van der Waals surface area contributed by atoms with Crippen LogP contribution in [0.2, 0.25) is 0 Å². The molecule has 0 rings (SSSR count). The lowest BCUT2D eigenvalue weighted by atomic mass is 10.1. The molecule has 0 aromatic rings. The first-order valence-corrected chi connectivity index (χ1v) is 12.1. The van der Waals surface area contributed by atoms with Crippen LogP contribution in [0, 0.1) is 0 Å². The zero-order chi connectivity index (χ0) is 20.4. The van der Waals surface area contributed by atoms with Crippen molar-refractivity contribution in [3.8, 4) is 0 Å². The Bertz CT molecular complexity index is 666. The highest BCUT2D eigenvalue weighted by Crippen LogP contribution is 2.44. The fraction of sp³-hybridized carbons (Fsp3) is 0.667. The summed E-state index contributed by atoms with van der Waals surface area (Å²) in [5.74, 6) is -0.919. The van der Waals surface area contributed by atoms with Crippen molar-refractivity contribution in [1.29, 1.82) is 0 Å². The Morgan fingerprint density at radius 3 is 1.81 bits per heavy atom. The van der Waals surface area contributed by atoms with E-state index in [1.165, 1.54) is 11.1 Å². The van der Waals surface area contributed by atoms with Gasteiger partial charge in [-0.3, -0.25) is 9.12 Å². The summed E-state index contributed by atoms with van der Waals surface area (Å²) in [7, 11) is -8.99. The molecule has 1 unspecified atom stereocenters. The van der Waals surface area contributed by atoms with Gasteiger partial charge in [-0.1, -0.05) is 34.9 Å². The first kappa shape index (κ1) is 25.3. The van der Waals surface area contributed by atoms with Gasteiger partial charge in [0.1, 0.15) is 0 Å². The second-order valence-electron chi connectivity index (χ2n) is 7.03. The summed E-state index contributed by atoms with van der Waals surface area (Å²) in [6, 6.07) is 0. The van der Waals surface area contributed by atoms with Crippen LogP contribution >= 0.6 is 7.60 Å². The Labute approximate surface area is 158 Å². The van der Waals surface area contributed by atoms with Crippen LogP contribution in [0.4, 0.5) is 0 Å². The summed E-state index contributed by atoms with van der Waals surface area (Å²) in [4.78, 5) is 18.4. The van der Waals surface area contributed by atoms with Gasteiger partial charge in [0.25, 0.3) is 10.1 Å². The van der Waals surface area contributed by atoms with Crippen LogP contribution in [0.3, 0.4) is 0 Å². The first-order chi connectivity index (χ1) is 11.8. The molecule has 0 heterocycles. The molecule has 0 aromatic heterocycles. The highest BCUT2D eigenvalue weighted by Gasteiger charge is 2.32. The van der Waals surface area contributed by atoms with Crippen molar-refractivity contribution < 1.29 is 27.3 Å². The van der Waals surface area contributed by atoms with E-state index in [1.54, 1.807) is 0 Å². The van der Waals surface area contributed by atoms with Crippen LogP contribution in [-0.2, 0) is 14.7 Å². The van der Waals surface area contributed by atoms with Gasteiger partial charge >= 0.3 is 7.60 Å². The molecule has 0 fully saturated rings. The largest absolute Gasteiger partial charge is 0.329 e. The van der Waals surface area contributed by atoms with Crippen LogP contribution in [0.25, 0.3) is 0 Å². The summed E-state index contributed by atoms with van der Waals surface area (Å²) in [6.45, 7) is 8.22. The van der Waals surface area contributed by atoms with Crippen LogP contribution in [0.15, 0.2) is 34.9 Å².